The van der Waals surface area contributed by atoms with Gasteiger partial charge in [-0.3, -0.25) is 4.79 Å². The predicted octanol–water partition coefficient (Wildman–Crippen LogP) is 3.97. The van der Waals surface area contributed by atoms with Crippen molar-refractivity contribution in [1.29, 1.82) is 0 Å². The number of hydrogen-bond donors (Lipinski definition) is 0. The second kappa shape index (κ2) is 4.97. The van der Waals surface area contributed by atoms with Gasteiger partial charge < -0.3 is 0 Å². The summed E-state index contributed by atoms with van der Waals surface area (Å²) in [5.74, 6) is 0. The van der Waals surface area contributed by atoms with E-state index in [4.69, 9.17) is 11.6 Å². The molecule has 0 radical (unpaired) electrons. The lowest BCUT2D eigenvalue weighted by Crippen LogP contribution is -2.04. The maximum Gasteiger partial charge on any atom is 0.199 e. The van der Waals surface area contributed by atoms with Crippen LogP contribution in [0.4, 0.5) is 0 Å². The molecule has 0 amide bonds. The Morgan fingerprint density at radius 1 is 0.875 bits per heavy atom. The van der Waals surface area contributed by atoms with Crippen LogP contribution in [-0.2, 0) is 0 Å². The lowest BCUT2D eigenvalue weighted by atomic mass is 10.1. The highest BCUT2D eigenvalue weighted by atomic mass is 127. The van der Waals surface area contributed by atoms with Crippen LogP contribution in [0.25, 0.3) is 11.1 Å². The molecule has 0 spiro atoms. The van der Waals surface area contributed by atoms with Gasteiger partial charge in [-0.25, -0.2) is 0 Å². The number of benzene rings is 1. The van der Waals surface area contributed by atoms with E-state index in [1.54, 1.807) is 18.2 Å². The standard InChI is InChI=1S/C13H8ClIO/c14-11-7-3-1-5-9(11)10-6-2-4-8-12(15)13(10)16/h1-8H. The molecule has 0 aromatic heterocycles. The van der Waals surface area contributed by atoms with Crippen LogP contribution in [0.5, 0.6) is 0 Å². The third-order valence-corrected chi connectivity index (χ3v) is 3.42. The van der Waals surface area contributed by atoms with Crippen molar-refractivity contribution in [3.05, 3.63) is 67.3 Å². The molecule has 0 atom stereocenters. The zero-order valence-electron chi connectivity index (χ0n) is 8.28. The molecule has 0 bridgehead atoms. The fourth-order valence-corrected chi connectivity index (χ4v) is 2.20. The summed E-state index contributed by atoms with van der Waals surface area (Å²) in [4.78, 5) is 12.1. The highest BCUT2D eigenvalue weighted by Gasteiger charge is 2.06. The zero-order chi connectivity index (χ0) is 11.5. The Morgan fingerprint density at radius 3 is 2.12 bits per heavy atom. The van der Waals surface area contributed by atoms with Gasteiger partial charge in [0.2, 0.25) is 0 Å². The minimum atomic E-state index is 0.0127. The third kappa shape index (κ3) is 2.28. The molecule has 0 aliphatic heterocycles. The van der Waals surface area contributed by atoms with Crippen LogP contribution in [0.3, 0.4) is 0 Å². The Kier molecular flexibility index (Phi) is 3.61. The SMILES string of the molecule is O=c1c(I)ccccc1-c1ccccc1Cl. The summed E-state index contributed by atoms with van der Waals surface area (Å²) in [6.45, 7) is 0. The van der Waals surface area contributed by atoms with Gasteiger partial charge >= 0.3 is 0 Å². The first-order chi connectivity index (χ1) is 7.70. The van der Waals surface area contributed by atoms with Gasteiger partial charge in [-0.1, -0.05) is 48.0 Å². The molecule has 0 unspecified atom stereocenters. The molecule has 2 aromatic carbocycles. The van der Waals surface area contributed by atoms with E-state index in [9.17, 15) is 4.79 Å². The van der Waals surface area contributed by atoms with Crippen LogP contribution in [-0.4, -0.2) is 0 Å². The molecule has 0 saturated heterocycles. The van der Waals surface area contributed by atoms with Crippen molar-refractivity contribution >= 4 is 34.2 Å². The second-order valence-corrected chi connectivity index (χ2v) is 4.86. The molecule has 3 heteroatoms. The van der Waals surface area contributed by atoms with E-state index in [0.717, 1.165) is 5.56 Å². The van der Waals surface area contributed by atoms with Crippen LogP contribution >= 0.6 is 34.2 Å². The summed E-state index contributed by atoms with van der Waals surface area (Å²) in [5, 5.41) is 0.599. The van der Waals surface area contributed by atoms with Crippen molar-refractivity contribution in [2.24, 2.45) is 0 Å². The average molecular weight is 343 g/mol. The maximum absolute atomic E-state index is 12.1. The van der Waals surface area contributed by atoms with E-state index in [2.05, 4.69) is 0 Å². The first kappa shape index (κ1) is 11.6. The van der Waals surface area contributed by atoms with Crippen molar-refractivity contribution in [3.8, 4) is 11.1 Å². The molecule has 2 aromatic rings. The number of halogens is 2. The molecule has 0 saturated carbocycles. The molecule has 1 nitrogen and oxygen atoms in total. The van der Waals surface area contributed by atoms with Crippen LogP contribution in [0.2, 0.25) is 5.02 Å². The van der Waals surface area contributed by atoms with Gasteiger partial charge in [0.15, 0.2) is 5.43 Å². The predicted molar refractivity (Wildman–Crippen MR) is 75.9 cm³/mol. The number of rotatable bonds is 1. The minimum Gasteiger partial charge on any atom is -0.288 e. The topological polar surface area (TPSA) is 17.1 Å². The summed E-state index contributed by atoms with van der Waals surface area (Å²) in [5.41, 5.74) is 1.43. The Morgan fingerprint density at radius 2 is 1.44 bits per heavy atom. The molecular weight excluding hydrogens is 334 g/mol. The Hall–Kier alpha value is -0.870. The Labute approximate surface area is 112 Å². The zero-order valence-corrected chi connectivity index (χ0v) is 11.2. The molecule has 0 heterocycles. The summed E-state index contributed by atoms with van der Waals surface area (Å²) < 4.78 is 0.692. The van der Waals surface area contributed by atoms with Gasteiger partial charge in [-0.05, 0) is 34.7 Å². The van der Waals surface area contributed by atoms with Crippen LogP contribution in [0, 0.1) is 3.57 Å². The largest absolute Gasteiger partial charge is 0.288 e. The van der Waals surface area contributed by atoms with E-state index in [1.165, 1.54) is 0 Å². The van der Waals surface area contributed by atoms with Gasteiger partial charge in [-0.2, -0.15) is 0 Å². The molecule has 0 N–H and O–H groups in total. The molecular formula is C13H8ClIO. The molecule has 0 aliphatic rings. The number of hydrogen-bond acceptors (Lipinski definition) is 1. The van der Waals surface area contributed by atoms with Crippen LogP contribution in [0.15, 0.2) is 53.3 Å². The molecule has 80 valence electrons. The minimum absolute atomic E-state index is 0.0127. The second-order valence-electron chi connectivity index (χ2n) is 3.29. The van der Waals surface area contributed by atoms with Gasteiger partial charge in [-0.15, -0.1) is 0 Å². The van der Waals surface area contributed by atoms with Crippen molar-refractivity contribution in [1.82, 2.24) is 0 Å². The smallest absolute Gasteiger partial charge is 0.199 e. The maximum atomic E-state index is 12.1. The molecule has 2 rings (SSSR count). The highest BCUT2D eigenvalue weighted by molar-refractivity contribution is 14.1. The Balaban J connectivity index is 2.77. The fraction of sp³-hybridized carbons (Fsp3) is 0. The monoisotopic (exact) mass is 342 g/mol. The first-order valence-electron chi connectivity index (χ1n) is 4.74. The summed E-state index contributed by atoms with van der Waals surface area (Å²) >= 11 is 8.12. The lowest BCUT2D eigenvalue weighted by molar-refractivity contribution is 1.56. The van der Waals surface area contributed by atoms with E-state index >= 15 is 0 Å². The quantitative estimate of drug-likeness (QED) is 0.717. The first-order valence-corrected chi connectivity index (χ1v) is 6.19. The lowest BCUT2D eigenvalue weighted by Gasteiger charge is -2.00. The van der Waals surface area contributed by atoms with Gasteiger partial charge in [0.1, 0.15) is 0 Å². The van der Waals surface area contributed by atoms with Crippen LogP contribution in [0.1, 0.15) is 0 Å². The van der Waals surface area contributed by atoms with E-state index < -0.39 is 0 Å². The molecule has 16 heavy (non-hydrogen) atoms. The summed E-state index contributed by atoms with van der Waals surface area (Å²) in [7, 11) is 0. The normalized spacial score (nSPS) is 10.1. The van der Waals surface area contributed by atoms with E-state index in [1.807, 2.05) is 52.9 Å². The third-order valence-electron chi connectivity index (χ3n) is 2.24. The van der Waals surface area contributed by atoms with Gasteiger partial charge in [0.25, 0.3) is 0 Å². The van der Waals surface area contributed by atoms with E-state index in [-0.39, 0.29) is 5.43 Å². The summed E-state index contributed by atoms with van der Waals surface area (Å²) in [6.07, 6.45) is 0. The van der Waals surface area contributed by atoms with Gasteiger partial charge in [0, 0.05) is 16.1 Å². The van der Waals surface area contributed by atoms with Crippen molar-refractivity contribution < 1.29 is 0 Å². The van der Waals surface area contributed by atoms with Gasteiger partial charge in [0.05, 0.1) is 3.57 Å². The van der Waals surface area contributed by atoms with Crippen LogP contribution < -0.4 is 5.43 Å². The average Bonchev–Trinajstić information content (AvgIpc) is 2.44. The van der Waals surface area contributed by atoms with Crippen molar-refractivity contribution in [3.63, 3.8) is 0 Å². The summed E-state index contributed by atoms with van der Waals surface area (Å²) in [6, 6.07) is 14.7. The van der Waals surface area contributed by atoms with Crippen molar-refractivity contribution in [2.75, 3.05) is 0 Å². The highest BCUT2D eigenvalue weighted by Crippen LogP contribution is 2.24. The molecule has 0 fully saturated rings. The van der Waals surface area contributed by atoms with Crippen molar-refractivity contribution in [2.45, 2.75) is 0 Å². The Bertz CT molecular complexity index is 581. The fourth-order valence-electron chi connectivity index (χ4n) is 1.46. The van der Waals surface area contributed by atoms with E-state index in [0.29, 0.717) is 14.2 Å². The molecule has 0 aliphatic carbocycles.